The number of rotatable bonds is 7. The number of fused-ring (bicyclic) bond motifs is 1. The van der Waals surface area contributed by atoms with Gasteiger partial charge >= 0.3 is 0 Å². The van der Waals surface area contributed by atoms with Gasteiger partial charge in [-0.3, -0.25) is 15.1 Å². The number of thiazole rings is 1. The average Bonchev–Trinajstić information content (AvgIpc) is 3.26. The first-order valence-electron chi connectivity index (χ1n) is 11.7. The van der Waals surface area contributed by atoms with Crippen molar-refractivity contribution in [3.8, 4) is 11.3 Å². The van der Waals surface area contributed by atoms with Crippen LogP contribution in [0.4, 0.5) is 5.69 Å². The smallest absolute Gasteiger partial charge is 0.258 e. The minimum atomic E-state index is -0.378. The molecule has 0 spiro atoms. The molecule has 0 saturated heterocycles. The van der Waals surface area contributed by atoms with E-state index in [1.54, 1.807) is 23.5 Å². The van der Waals surface area contributed by atoms with Gasteiger partial charge in [0.05, 0.1) is 16.8 Å². The second-order valence-corrected chi connectivity index (χ2v) is 10.5. The van der Waals surface area contributed by atoms with Gasteiger partial charge in [-0.1, -0.05) is 50.3 Å². The second kappa shape index (κ2) is 9.14. The molecule has 2 unspecified atom stereocenters. The average molecular weight is 473 g/mol. The fourth-order valence-corrected chi connectivity index (χ4v) is 5.93. The highest BCUT2D eigenvalue weighted by molar-refractivity contribution is 7.07. The van der Waals surface area contributed by atoms with Crippen LogP contribution in [-0.4, -0.2) is 22.4 Å². The van der Waals surface area contributed by atoms with Crippen molar-refractivity contribution < 1.29 is 4.92 Å². The highest BCUT2D eigenvalue weighted by Crippen LogP contribution is 2.58. The maximum absolute atomic E-state index is 11.1. The van der Waals surface area contributed by atoms with Crippen molar-refractivity contribution in [3.63, 3.8) is 0 Å². The van der Waals surface area contributed by atoms with Gasteiger partial charge in [-0.2, -0.15) is 5.10 Å². The van der Waals surface area contributed by atoms with Crippen LogP contribution < -0.4 is 4.80 Å². The third-order valence-corrected chi connectivity index (χ3v) is 8.24. The number of nitro groups is 1. The fraction of sp³-hybridized carbons (Fsp3) is 0.333. The van der Waals surface area contributed by atoms with Crippen molar-refractivity contribution in [2.75, 3.05) is 6.54 Å². The number of hydrogen-bond donors (Lipinski definition) is 0. The Labute approximate surface area is 203 Å². The summed E-state index contributed by atoms with van der Waals surface area (Å²) in [5.74, 6) is 1.33. The van der Waals surface area contributed by atoms with E-state index in [0.29, 0.717) is 17.9 Å². The van der Waals surface area contributed by atoms with Crippen LogP contribution in [0.2, 0.25) is 0 Å². The summed E-state index contributed by atoms with van der Waals surface area (Å²) in [7, 11) is 0. The third-order valence-electron chi connectivity index (χ3n) is 7.38. The topological polar surface area (TPSA) is 72.8 Å². The Kier molecular flexibility index (Phi) is 6.04. The summed E-state index contributed by atoms with van der Waals surface area (Å²) in [6.45, 7) is 5.38. The molecule has 7 heteroatoms. The number of nitro benzene ring substituents is 1. The van der Waals surface area contributed by atoms with Gasteiger partial charge in [0.15, 0.2) is 0 Å². The summed E-state index contributed by atoms with van der Waals surface area (Å²) in [6, 6.07) is 17.0. The minimum Gasteiger partial charge on any atom is -0.258 e. The molecule has 0 aliphatic heterocycles. The molecule has 0 radical (unpaired) electrons. The van der Waals surface area contributed by atoms with Crippen molar-refractivity contribution in [1.29, 1.82) is 0 Å². The molecule has 2 aromatic carbocycles. The maximum atomic E-state index is 11.1. The Morgan fingerprint density at radius 3 is 2.62 bits per heavy atom. The Hall–Kier alpha value is -3.32. The molecule has 2 atom stereocenters. The van der Waals surface area contributed by atoms with Crippen LogP contribution in [0.5, 0.6) is 0 Å². The molecule has 6 nitrogen and oxygen atoms in total. The molecular formula is C27H28N4O2S. The Morgan fingerprint density at radius 2 is 1.94 bits per heavy atom. The van der Waals surface area contributed by atoms with Crippen LogP contribution in [0.3, 0.4) is 0 Å². The number of aromatic nitrogens is 1. The lowest BCUT2D eigenvalue weighted by atomic mass is 9.49. The summed E-state index contributed by atoms with van der Waals surface area (Å²) in [6.07, 6.45) is 7.54. The van der Waals surface area contributed by atoms with Crippen LogP contribution in [-0.2, 0) is 6.42 Å². The first-order chi connectivity index (χ1) is 16.4. The number of non-ortho nitro benzene ring substituents is 1. The number of allylic oxidation sites excluding steroid dienone is 2. The predicted octanol–water partition coefficient (Wildman–Crippen LogP) is 6.09. The SMILES string of the molecule is CC1(C)C2CC=C(C=Nn3c(-c4ccc([N+](=O)[O-])cc4)csc3=NCCc3ccccc3)C1C2. The van der Waals surface area contributed by atoms with E-state index in [9.17, 15) is 10.1 Å². The molecule has 3 aliphatic rings. The van der Waals surface area contributed by atoms with Gasteiger partial charge in [0.25, 0.3) is 5.69 Å². The summed E-state index contributed by atoms with van der Waals surface area (Å²) < 4.78 is 1.88. The van der Waals surface area contributed by atoms with Gasteiger partial charge in [-0.05, 0) is 59.8 Å². The molecule has 0 N–H and O–H groups in total. The van der Waals surface area contributed by atoms with Gasteiger partial charge < -0.3 is 0 Å². The Balaban J connectivity index is 1.47. The van der Waals surface area contributed by atoms with E-state index < -0.39 is 0 Å². The van der Waals surface area contributed by atoms with E-state index in [4.69, 9.17) is 10.1 Å². The van der Waals surface area contributed by atoms with E-state index in [2.05, 4.69) is 32.1 Å². The summed E-state index contributed by atoms with van der Waals surface area (Å²) >= 11 is 1.54. The van der Waals surface area contributed by atoms with Crippen molar-refractivity contribution in [2.45, 2.75) is 33.1 Å². The molecular weight excluding hydrogens is 444 g/mol. The highest BCUT2D eigenvalue weighted by Gasteiger charge is 2.50. The van der Waals surface area contributed by atoms with E-state index in [1.807, 2.05) is 34.5 Å². The number of benzene rings is 2. The predicted molar refractivity (Wildman–Crippen MR) is 137 cm³/mol. The van der Waals surface area contributed by atoms with Crippen LogP contribution in [0.1, 0.15) is 32.3 Å². The molecule has 3 aromatic rings. The summed E-state index contributed by atoms with van der Waals surface area (Å²) in [5.41, 5.74) is 4.73. The van der Waals surface area contributed by atoms with Gasteiger partial charge in [0.1, 0.15) is 0 Å². The number of nitrogens with zero attached hydrogens (tertiary/aromatic N) is 4. The highest BCUT2D eigenvalue weighted by atomic mass is 32.1. The zero-order valence-electron chi connectivity index (χ0n) is 19.4. The van der Waals surface area contributed by atoms with Gasteiger partial charge in [0, 0.05) is 29.6 Å². The van der Waals surface area contributed by atoms with E-state index in [0.717, 1.165) is 34.8 Å². The molecule has 3 aliphatic carbocycles. The molecule has 6 rings (SSSR count). The standard InChI is InChI=1S/C27H28N4O2S/c1-27(2)22-11-8-21(24(27)16-22)17-29-30-25(20-9-12-23(13-10-20)31(32)33)18-34-26(30)28-15-14-19-6-4-3-5-7-19/h3-10,12-13,17-18,22,24H,11,14-16H2,1-2H3. The fourth-order valence-electron chi connectivity index (χ4n) is 5.07. The first kappa shape index (κ1) is 22.5. The van der Waals surface area contributed by atoms with E-state index in [1.165, 1.54) is 29.7 Å². The van der Waals surface area contributed by atoms with E-state index >= 15 is 0 Å². The van der Waals surface area contributed by atoms with E-state index in [-0.39, 0.29) is 10.6 Å². The minimum absolute atomic E-state index is 0.0796. The van der Waals surface area contributed by atoms with Crippen molar-refractivity contribution >= 4 is 23.2 Å². The first-order valence-corrected chi connectivity index (χ1v) is 12.6. The van der Waals surface area contributed by atoms with Gasteiger partial charge in [-0.15, -0.1) is 11.3 Å². The normalized spacial score (nSPS) is 21.4. The molecule has 34 heavy (non-hydrogen) atoms. The van der Waals surface area contributed by atoms with Crippen LogP contribution in [0, 0.1) is 27.4 Å². The van der Waals surface area contributed by atoms with Gasteiger partial charge in [-0.25, -0.2) is 4.68 Å². The summed E-state index contributed by atoms with van der Waals surface area (Å²) in [5, 5.41) is 18.0. The third kappa shape index (κ3) is 4.28. The van der Waals surface area contributed by atoms with Crippen LogP contribution in [0.25, 0.3) is 11.3 Å². The zero-order valence-corrected chi connectivity index (χ0v) is 20.2. The molecule has 1 aromatic heterocycles. The Bertz CT molecular complexity index is 1320. The van der Waals surface area contributed by atoms with Gasteiger partial charge in [0.2, 0.25) is 4.80 Å². The monoisotopic (exact) mass is 472 g/mol. The Morgan fingerprint density at radius 1 is 1.18 bits per heavy atom. The lowest BCUT2D eigenvalue weighted by Gasteiger charge is -2.55. The summed E-state index contributed by atoms with van der Waals surface area (Å²) in [4.78, 5) is 16.4. The molecule has 2 bridgehead atoms. The lowest BCUT2D eigenvalue weighted by Crippen LogP contribution is -2.48. The largest absolute Gasteiger partial charge is 0.269 e. The van der Waals surface area contributed by atoms with Crippen LogP contribution >= 0.6 is 11.3 Å². The van der Waals surface area contributed by atoms with Crippen molar-refractivity contribution in [3.05, 3.63) is 92.1 Å². The molecule has 0 amide bonds. The molecule has 174 valence electrons. The molecule has 1 saturated carbocycles. The molecule has 1 heterocycles. The van der Waals surface area contributed by atoms with Crippen LogP contribution in [0.15, 0.2) is 81.7 Å². The quantitative estimate of drug-likeness (QED) is 0.237. The zero-order chi connectivity index (χ0) is 23.7. The van der Waals surface area contributed by atoms with Crippen molar-refractivity contribution in [2.24, 2.45) is 27.3 Å². The second-order valence-electron chi connectivity index (χ2n) is 9.63. The molecule has 1 fully saturated rings. The van der Waals surface area contributed by atoms with Crippen molar-refractivity contribution in [1.82, 2.24) is 4.68 Å². The number of hydrogen-bond acceptors (Lipinski definition) is 5. The maximum Gasteiger partial charge on any atom is 0.269 e. The lowest BCUT2D eigenvalue weighted by molar-refractivity contribution is -0.384.